The third-order valence-electron chi connectivity index (χ3n) is 5.64. The summed E-state index contributed by atoms with van der Waals surface area (Å²) in [6, 6.07) is 0. The molecule has 3 aliphatic rings. The van der Waals surface area contributed by atoms with Crippen molar-refractivity contribution in [3.63, 3.8) is 0 Å². The molecule has 0 amide bonds. The second-order valence-corrected chi connectivity index (χ2v) is 8.59. The molecule has 0 aromatic heterocycles. The van der Waals surface area contributed by atoms with Crippen molar-refractivity contribution in [3.8, 4) is 0 Å². The third-order valence-corrected chi connectivity index (χ3v) is 7.24. The van der Waals surface area contributed by atoms with Crippen LogP contribution in [-0.4, -0.2) is 3.42 Å². The summed E-state index contributed by atoms with van der Waals surface area (Å²) in [5, 5.41) is 0. The molecule has 1 heteroatoms. The van der Waals surface area contributed by atoms with Crippen molar-refractivity contribution < 1.29 is 0 Å². The van der Waals surface area contributed by atoms with Crippen molar-refractivity contribution in [2.75, 3.05) is 0 Å². The molecule has 0 aromatic carbocycles. The maximum Gasteiger partial charge on any atom is 0.0256 e. The summed E-state index contributed by atoms with van der Waals surface area (Å²) in [6.45, 7) is 2.58. The Balaban J connectivity index is 1.90. The van der Waals surface area contributed by atoms with Gasteiger partial charge in [-0.2, -0.15) is 0 Å². The lowest BCUT2D eigenvalue weighted by Gasteiger charge is -2.35. The Bertz CT molecular complexity index is 222. The average Bonchev–Trinajstić information content (AvgIpc) is 2.51. The van der Waals surface area contributed by atoms with E-state index < -0.39 is 0 Å². The monoisotopic (exact) mass is 318 g/mol. The van der Waals surface area contributed by atoms with Gasteiger partial charge in [-0.05, 0) is 56.3 Å². The van der Waals surface area contributed by atoms with E-state index in [2.05, 4.69) is 29.5 Å². The number of hydrogen-bond acceptors (Lipinski definition) is 0. The molecule has 4 atom stereocenters. The number of rotatable bonds is 0. The van der Waals surface area contributed by atoms with E-state index in [-0.39, 0.29) is 0 Å². The summed E-state index contributed by atoms with van der Waals surface area (Å²) in [7, 11) is 0. The maximum absolute atomic E-state index is 2.84. The highest BCUT2D eigenvalue weighted by molar-refractivity contribution is 14.1. The summed E-state index contributed by atoms with van der Waals surface area (Å²) in [6.07, 6.45) is 12.3. The fourth-order valence-electron chi connectivity index (χ4n) is 5.02. The summed E-state index contributed by atoms with van der Waals surface area (Å²) >= 11 is 2.84. The molecule has 3 rings (SSSR count). The molecule has 0 saturated heterocycles. The van der Waals surface area contributed by atoms with Crippen molar-refractivity contribution in [1.82, 2.24) is 0 Å². The first kappa shape index (κ1) is 10.9. The molecule has 0 aromatic rings. The second kappa shape index (κ2) is 3.89. The first-order valence-electron chi connectivity index (χ1n) is 6.90. The van der Waals surface area contributed by atoms with Crippen LogP contribution in [0.2, 0.25) is 0 Å². The molecule has 0 bridgehead atoms. The Labute approximate surface area is 108 Å². The maximum atomic E-state index is 2.84. The van der Waals surface area contributed by atoms with Crippen LogP contribution in [-0.2, 0) is 0 Å². The first-order chi connectivity index (χ1) is 7.21. The van der Waals surface area contributed by atoms with E-state index in [1.807, 2.05) is 0 Å². The van der Waals surface area contributed by atoms with Gasteiger partial charge in [0.1, 0.15) is 0 Å². The SMILES string of the molecule is CC1(I)C2CCCCC2C2CCCCC21. The van der Waals surface area contributed by atoms with Crippen LogP contribution in [0.5, 0.6) is 0 Å². The van der Waals surface area contributed by atoms with Crippen LogP contribution >= 0.6 is 22.6 Å². The van der Waals surface area contributed by atoms with Crippen LogP contribution in [0.4, 0.5) is 0 Å². The molecule has 3 saturated carbocycles. The molecule has 0 N–H and O–H groups in total. The Hall–Kier alpha value is 0.730. The van der Waals surface area contributed by atoms with Gasteiger partial charge in [0.15, 0.2) is 0 Å². The number of halogens is 1. The van der Waals surface area contributed by atoms with E-state index in [1.54, 1.807) is 12.8 Å². The Morgan fingerprint density at radius 1 is 0.800 bits per heavy atom. The van der Waals surface area contributed by atoms with Gasteiger partial charge >= 0.3 is 0 Å². The van der Waals surface area contributed by atoms with Crippen LogP contribution in [0, 0.1) is 23.7 Å². The molecule has 0 radical (unpaired) electrons. The average molecular weight is 318 g/mol. The summed E-state index contributed by atoms with van der Waals surface area (Å²) in [5.74, 6) is 4.37. The number of alkyl halides is 1. The molecule has 0 aliphatic heterocycles. The fraction of sp³-hybridized carbons (Fsp3) is 1.00. The predicted octanol–water partition coefficient (Wildman–Crippen LogP) is 4.81. The zero-order chi connectivity index (χ0) is 10.5. The van der Waals surface area contributed by atoms with Crippen LogP contribution < -0.4 is 0 Å². The molecule has 0 spiro atoms. The minimum atomic E-state index is 0.647. The van der Waals surface area contributed by atoms with E-state index in [0.717, 1.165) is 23.7 Å². The van der Waals surface area contributed by atoms with Crippen molar-refractivity contribution >= 4 is 22.6 Å². The van der Waals surface area contributed by atoms with Gasteiger partial charge in [-0.15, -0.1) is 0 Å². The van der Waals surface area contributed by atoms with E-state index in [1.165, 1.54) is 38.5 Å². The van der Waals surface area contributed by atoms with Gasteiger partial charge in [0.25, 0.3) is 0 Å². The molecule has 86 valence electrons. The Kier molecular flexibility index (Phi) is 2.81. The number of fused-ring (bicyclic) bond motifs is 3. The lowest BCUT2D eigenvalue weighted by Crippen LogP contribution is -2.32. The first-order valence-corrected chi connectivity index (χ1v) is 7.98. The molecule has 15 heavy (non-hydrogen) atoms. The van der Waals surface area contributed by atoms with E-state index >= 15 is 0 Å². The van der Waals surface area contributed by atoms with Crippen LogP contribution in [0.15, 0.2) is 0 Å². The highest BCUT2D eigenvalue weighted by atomic mass is 127. The standard InChI is InChI=1S/C14H23I/c1-14(15)12-8-4-2-6-10(12)11-7-3-5-9-13(11)14/h10-13H,2-9H2,1H3. The summed E-state index contributed by atoms with van der Waals surface area (Å²) in [4.78, 5) is 0. The normalized spacial score (nSPS) is 54.8. The molecule has 3 fully saturated rings. The molecule has 3 aliphatic carbocycles. The zero-order valence-electron chi connectivity index (χ0n) is 9.84. The van der Waals surface area contributed by atoms with Crippen molar-refractivity contribution in [3.05, 3.63) is 0 Å². The second-order valence-electron chi connectivity index (χ2n) is 6.26. The zero-order valence-corrected chi connectivity index (χ0v) is 12.0. The van der Waals surface area contributed by atoms with Crippen molar-refractivity contribution in [2.24, 2.45) is 23.7 Å². The van der Waals surface area contributed by atoms with E-state index in [4.69, 9.17) is 0 Å². The van der Waals surface area contributed by atoms with E-state index in [9.17, 15) is 0 Å². The molecular formula is C14H23I. The topological polar surface area (TPSA) is 0 Å². The lowest BCUT2D eigenvalue weighted by molar-refractivity contribution is 0.184. The van der Waals surface area contributed by atoms with Crippen LogP contribution in [0.1, 0.15) is 58.3 Å². The summed E-state index contributed by atoms with van der Waals surface area (Å²) < 4.78 is 0.647. The van der Waals surface area contributed by atoms with Crippen LogP contribution in [0.25, 0.3) is 0 Å². The Morgan fingerprint density at radius 2 is 1.20 bits per heavy atom. The van der Waals surface area contributed by atoms with Gasteiger partial charge < -0.3 is 0 Å². The van der Waals surface area contributed by atoms with Gasteiger partial charge in [0.05, 0.1) is 0 Å². The molecular weight excluding hydrogens is 295 g/mol. The Morgan fingerprint density at radius 3 is 1.67 bits per heavy atom. The van der Waals surface area contributed by atoms with Crippen molar-refractivity contribution in [1.29, 1.82) is 0 Å². The van der Waals surface area contributed by atoms with Gasteiger partial charge in [-0.25, -0.2) is 0 Å². The fourth-order valence-corrected chi connectivity index (χ4v) is 6.57. The highest BCUT2D eigenvalue weighted by Gasteiger charge is 2.56. The molecule has 4 unspecified atom stereocenters. The van der Waals surface area contributed by atoms with Gasteiger partial charge in [-0.1, -0.05) is 48.3 Å². The smallest absolute Gasteiger partial charge is 0.0256 e. The predicted molar refractivity (Wildman–Crippen MR) is 73.3 cm³/mol. The quantitative estimate of drug-likeness (QED) is 0.444. The minimum absolute atomic E-state index is 0.647. The van der Waals surface area contributed by atoms with E-state index in [0.29, 0.717) is 3.42 Å². The van der Waals surface area contributed by atoms with Gasteiger partial charge in [0.2, 0.25) is 0 Å². The van der Waals surface area contributed by atoms with Gasteiger partial charge in [-0.3, -0.25) is 0 Å². The van der Waals surface area contributed by atoms with Gasteiger partial charge in [0, 0.05) is 3.42 Å². The lowest BCUT2D eigenvalue weighted by atomic mass is 9.73. The molecule has 0 nitrogen and oxygen atoms in total. The minimum Gasteiger partial charge on any atom is -0.0785 e. The summed E-state index contributed by atoms with van der Waals surface area (Å²) in [5.41, 5.74) is 0. The molecule has 0 heterocycles. The third kappa shape index (κ3) is 1.59. The highest BCUT2D eigenvalue weighted by Crippen LogP contribution is 2.62. The number of hydrogen-bond donors (Lipinski definition) is 0. The largest absolute Gasteiger partial charge is 0.0785 e. The van der Waals surface area contributed by atoms with Crippen LogP contribution in [0.3, 0.4) is 0 Å². The van der Waals surface area contributed by atoms with Crippen molar-refractivity contribution in [2.45, 2.75) is 61.7 Å².